The SMILES string of the molecule is Cc1ccc(NC(=O)COC(=O)CCCC(=O)Nc2ccc(C(=O)OCC(C)C)cc2)cc1C. The first kappa shape index (κ1) is 26.6. The van der Waals surface area contributed by atoms with E-state index in [0.29, 0.717) is 23.5 Å². The topological polar surface area (TPSA) is 111 Å². The molecule has 2 amide bonds. The Kier molecular flexibility index (Phi) is 10.3. The molecule has 8 nitrogen and oxygen atoms in total. The van der Waals surface area contributed by atoms with Crippen LogP contribution >= 0.6 is 0 Å². The van der Waals surface area contributed by atoms with E-state index < -0.39 is 17.8 Å². The summed E-state index contributed by atoms with van der Waals surface area (Å²) in [6.07, 6.45) is 0.413. The van der Waals surface area contributed by atoms with Crippen LogP contribution < -0.4 is 10.6 Å². The van der Waals surface area contributed by atoms with E-state index >= 15 is 0 Å². The van der Waals surface area contributed by atoms with E-state index in [1.54, 1.807) is 30.3 Å². The van der Waals surface area contributed by atoms with Crippen molar-refractivity contribution in [3.63, 3.8) is 0 Å². The second-order valence-corrected chi connectivity index (χ2v) is 8.48. The molecule has 34 heavy (non-hydrogen) atoms. The van der Waals surface area contributed by atoms with E-state index in [1.807, 2.05) is 39.8 Å². The number of amides is 2. The van der Waals surface area contributed by atoms with Crippen molar-refractivity contribution in [2.75, 3.05) is 23.8 Å². The number of carbonyl (C=O) groups is 4. The van der Waals surface area contributed by atoms with Gasteiger partial charge < -0.3 is 20.1 Å². The molecule has 2 N–H and O–H groups in total. The van der Waals surface area contributed by atoms with Crippen molar-refractivity contribution in [1.82, 2.24) is 0 Å². The molecule has 0 spiro atoms. The minimum absolute atomic E-state index is 0.0188. The number of hydrogen-bond donors (Lipinski definition) is 2. The van der Waals surface area contributed by atoms with Crippen LogP contribution in [0.2, 0.25) is 0 Å². The molecule has 0 heterocycles. The predicted octanol–water partition coefficient (Wildman–Crippen LogP) is 4.41. The van der Waals surface area contributed by atoms with Gasteiger partial charge in [-0.2, -0.15) is 0 Å². The lowest BCUT2D eigenvalue weighted by atomic mass is 10.1. The van der Waals surface area contributed by atoms with Crippen LogP contribution in [0.3, 0.4) is 0 Å². The Labute approximate surface area is 200 Å². The zero-order valence-corrected chi connectivity index (χ0v) is 20.1. The van der Waals surface area contributed by atoms with Crippen molar-refractivity contribution in [3.8, 4) is 0 Å². The van der Waals surface area contributed by atoms with E-state index in [4.69, 9.17) is 9.47 Å². The third-order valence-electron chi connectivity index (χ3n) is 4.89. The maximum Gasteiger partial charge on any atom is 0.338 e. The Morgan fingerprint density at radius 2 is 1.44 bits per heavy atom. The summed E-state index contributed by atoms with van der Waals surface area (Å²) >= 11 is 0. The first-order chi connectivity index (χ1) is 16.1. The molecule has 8 heteroatoms. The number of nitrogens with one attached hydrogen (secondary N) is 2. The van der Waals surface area contributed by atoms with Gasteiger partial charge in [0.25, 0.3) is 5.91 Å². The summed E-state index contributed by atoms with van der Waals surface area (Å²) in [4.78, 5) is 47.8. The number of ether oxygens (including phenoxy) is 2. The number of benzene rings is 2. The standard InChI is InChI=1S/C26H32N2O6/c1-17(2)15-34-26(32)20-9-12-21(13-10-20)27-23(29)6-5-7-25(31)33-16-24(30)28-22-11-8-18(3)19(4)14-22/h8-14,17H,5-7,15-16H2,1-4H3,(H,27,29)(H,28,30). The van der Waals surface area contributed by atoms with E-state index in [-0.39, 0.29) is 37.7 Å². The van der Waals surface area contributed by atoms with E-state index in [2.05, 4.69) is 10.6 Å². The zero-order valence-electron chi connectivity index (χ0n) is 20.1. The fourth-order valence-corrected chi connectivity index (χ4v) is 2.87. The zero-order chi connectivity index (χ0) is 25.1. The molecule has 0 unspecified atom stereocenters. The predicted molar refractivity (Wildman–Crippen MR) is 130 cm³/mol. The number of anilines is 2. The molecule has 0 saturated heterocycles. The van der Waals surface area contributed by atoms with Gasteiger partial charge in [0.1, 0.15) is 0 Å². The summed E-state index contributed by atoms with van der Waals surface area (Å²) in [6, 6.07) is 11.9. The average molecular weight is 469 g/mol. The molecule has 2 aromatic carbocycles. The van der Waals surface area contributed by atoms with Gasteiger partial charge >= 0.3 is 11.9 Å². The van der Waals surface area contributed by atoms with Gasteiger partial charge in [0, 0.05) is 24.2 Å². The second-order valence-electron chi connectivity index (χ2n) is 8.48. The van der Waals surface area contributed by atoms with Crippen molar-refractivity contribution < 1.29 is 28.7 Å². The molecule has 0 bridgehead atoms. The molecular weight excluding hydrogens is 436 g/mol. The normalized spacial score (nSPS) is 10.5. The molecule has 0 aromatic heterocycles. The van der Waals surface area contributed by atoms with Gasteiger partial charge in [-0.15, -0.1) is 0 Å². The van der Waals surface area contributed by atoms with Crippen molar-refractivity contribution in [2.45, 2.75) is 47.0 Å². The van der Waals surface area contributed by atoms with E-state index in [1.165, 1.54) is 0 Å². The maximum absolute atomic E-state index is 12.1. The summed E-state index contributed by atoms with van der Waals surface area (Å²) < 4.78 is 10.1. The van der Waals surface area contributed by atoms with Crippen molar-refractivity contribution >= 4 is 35.1 Å². The molecular formula is C26H32N2O6. The minimum Gasteiger partial charge on any atom is -0.462 e. The first-order valence-electron chi connectivity index (χ1n) is 11.2. The molecule has 0 atom stereocenters. The van der Waals surface area contributed by atoms with Gasteiger partial charge in [-0.3, -0.25) is 14.4 Å². The highest BCUT2D eigenvalue weighted by Crippen LogP contribution is 2.14. The van der Waals surface area contributed by atoms with Gasteiger partial charge in [-0.25, -0.2) is 4.79 Å². The largest absolute Gasteiger partial charge is 0.462 e. The maximum atomic E-state index is 12.1. The average Bonchev–Trinajstić information content (AvgIpc) is 2.79. The van der Waals surface area contributed by atoms with Gasteiger partial charge in [0.2, 0.25) is 5.91 Å². The number of esters is 2. The van der Waals surface area contributed by atoms with Gasteiger partial charge in [-0.1, -0.05) is 19.9 Å². The quantitative estimate of drug-likeness (QED) is 0.473. The van der Waals surface area contributed by atoms with Crippen LogP contribution in [0, 0.1) is 19.8 Å². The monoisotopic (exact) mass is 468 g/mol. The van der Waals surface area contributed by atoms with Crippen molar-refractivity contribution in [3.05, 3.63) is 59.2 Å². The molecule has 0 aliphatic carbocycles. The lowest BCUT2D eigenvalue weighted by Gasteiger charge is -2.09. The number of hydrogen-bond acceptors (Lipinski definition) is 6. The van der Waals surface area contributed by atoms with Crippen LogP contribution in [-0.4, -0.2) is 37.0 Å². The molecule has 2 aromatic rings. The summed E-state index contributed by atoms with van der Waals surface area (Å²) in [5, 5.41) is 5.39. The first-order valence-corrected chi connectivity index (χ1v) is 11.2. The summed E-state index contributed by atoms with van der Waals surface area (Å²) in [5.74, 6) is -1.40. The smallest absolute Gasteiger partial charge is 0.338 e. The third-order valence-corrected chi connectivity index (χ3v) is 4.89. The Hall–Kier alpha value is -3.68. The number of carbonyl (C=O) groups excluding carboxylic acids is 4. The van der Waals surface area contributed by atoms with Crippen molar-refractivity contribution in [1.29, 1.82) is 0 Å². The van der Waals surface area contributed by atoms with Crippen LogP contribution in [0.4, 0.5) is 11.4 Å². The summed E-state index contributed by atoms with van der Waals surface area (Å²) in [6.45, 7) is 7.79. The molecule has 0 aliphatic rings. The Morgan fingerprint density at radius 3 is 2.09 bits per heavy atom. The number of rotatable bonds is 11. The van der Waals surface area contributed by atoms with Gasteiger partial charge in [-0.05, 0) is 73.7 Å². The number of aryl methyl sites for hydroxylation is 2. The molecule has 0 fully saturated rings. The molecule has 0 radical (unpaired) electrons. The Morgan fingerprint density at radius 1 is 0.794 bits per heavy atom. The van der Waals surface area contributed by atoms with Crippen LogP contribution in [0.5, 0.6) is 0 Å². The van der Waals surface area contributed by atoms with E-state index in [9.17, 15) is 19.2 Å². The van der Waals surface area contributed by atoms with E-state index in [0.717, 1.165) is 11.1 Å². The van der Waals surface area contributed by atoms with Gasteiger partial charge in [0.05, 0.1) is 12.2 Å². The fourth-order valence-electron chi connectivity index (χ4n) is 2.87. The van der Waals surface area contributed by atoms with Crippen LogP contribution in [0.15, 0.2) is 42.5 Å². The molecule has 2 rings (SSSR count). The lowest BCUT2D eigenvalue weighted by molar-refractivity contribution is -0.147. The Balaban J connectivity index is 1.65. The third kappa shape index (κ3) is 9.44. The van der Waals surface area contributed by atoms with Crippen LogP contribution in [-0.2, 0) is 23.9 Å². The van der Waals surface area contributed by atoms with Gasteiger partial charge in [0.15, 0.2) is 6.61 Å². The highest BCUT2D eigenvalue weighted by molar-refractivity contribution is 5.94. The molecule has 182 valence electrons. The van der Waals surface area contributed by atoms with Crippen LogP contribution in [0.1, 0.15) is 54.6 Å². The minimum atomic E-state index is -0.549. The fraction of sp³-hybridized carbons (Fsp3) is 0.385. The highest BCUT2D eigenvalue weighted by Gasteiger charge is 2.11. The van der Waals surface area contributed by atoms with Crippen LogP contribution in [0.25, 0.3) is 0 Å². The summed E-state index contributed by atoms with van der Waals surface area (Å²) in [7, 11) is 0. The summed E-state index contributed by atoms with van der Waals surface area (Å²) in [5.41, 5.74) is 3.75. The highest BCUT2D eigenvalue weighted by atomic mass is 16.5. The molecule has 0 saturated carbocycles. The lowest BCUT2D eigenvalue weighted by Crippen LogP contribution is -2.21. The Bertz CT molecular complexity index is 1010. The molecule has 0 aliphatic heterocycles. The second kappa shape index (κ2) is 13.1. The van der Waals surface area contributed by atoms with Crippen molar-refractivity contribution in [2.24, 2.45) is 5.92 Å².